The van der Waals surface area contributed by atoms with Gasteiger partial charge in [0, 0.05) is 4.88 Å². The molecule has 146 valence electrons. The Kier molecular flexibility index (Phi) is 5.99. The minimum Gasteiger partial charge on any atom is -0.484 e. The standard InChI is InChI=1S/C22H23NO4S/c1-22(2,3)15-6-8-16(9-7-15)27-14-20(24)23-13-17-10-11-19(28-17)21(25)18-5-4-12-26-18/h4-12H,13-14H2,1-3H3,(H,23,24). The van der Waals surface area contributed by atoms with Crippen LogP contribution in [0.5, 0.6) is 5.75 Å². The number of carbonyl (C=O) groups is 2. The molecule has 2 aromatic heterocycles. The molecule has 0 fully saturated rings. The number of ether oxygens (including phenoxy) is 1. The Labute approximate surface area is 168 Å². The molecule has 6 heteroatoms. The van der Waals surface area contributed by atoms with Gasteiger partial charge < -0.3 is 14.5 Å². The van der Waals surface area contributed by atoms with E-state index in [2.05, 4.69) is 26.1 Å². The van der Waals surface area contributed by atoms with Gasteiger partial charge in [0.15, 0.2) is 12.4 Å². The summed E-state index contributed by atoms with van der Waals surface area (Å²) in [6, 6.07) is 14.7. The third-order valence-electron chi connectivity index (χ3n) is 4.18. The van der Waals surface area contributed by atoms with Gasteiger partial charge >= 0.3 is 0 Å². The fourth-order valence-electron chi connectivity index (χ4n) is 2.56. The molecule has 0 atom stereocenters. The molecule has 0 aliphatic carbocycles. The lowest BCUT2D eigenvalue weighted by Gasteiger charge is -2.19. The van der Waals surface area contributed by atoms with Crippen LogP contribution in [0.4, 0.5) is 0 Å². The van der Waals surface area contributed by atoms with E-state index in [1.165, 1.54) is 23.2 Å². The van der Waals surface area contributed by atoms with E-state index in [9.17, 15) is 9.59 Å². The van der Waals surface area contributed by atoms with Crippen molar-refractivity contribution in [2.24, 2.45) is 0 Å². The second-order valence-corrected chi connectivity index (χ2v) is 8.58. The van der Waals surface area contributed by atoms with Crippen LogP contribution in [-0.4, -0.2) is 18.3 Å². The molecular weight excluding hydrogens is 374 g/mol. The Morgan fingerprint density at radius 2 is 1.82 bits per heavy atom. The van der Waals surface area contributed by atoms with Crippen molar-refractivity contribution in [2.75, 3.05) is 6.61 Å². The molecule has 1 aromatic carbocycles. The van der Waals surface area contributed by atoms with Crippen LogP contribution in [0.25, 0.3) is 0 Å². The summed E-state index contributed by atoms with van der Waals surface area (Å²) in [5.74, 6) is 0.593. The normalized spacial score (nSPS) is 11.2. The van der Waals surface area contributed by atoms with Crippen LogP contribution < -0.4 is 10.1 Å². The minimum atomic E-state index is -0.216. The van der Waals surface area contributed by atoms with Crippen molar-refractivity contribution >= 4 is 23.0 Å². The SMILES string of the molecule is CC(C)(C)c1ccc(OCC(=O)NCc2ccc(C(=O)c3ccco3)s2)cc1. The molecule has 0 saturated heterocycles. The topological polar surface area (TPSA) is 68.5 Å². The van der Waals surface area contributed by atoms with Crippen molar-refractivity contribution in [1.29, 1.82) is 0 Å². The maximum Gasteiger partial charge on any atom is 0.258 e. The van der Waals surface area contributed by atoms with Gasteiger partial charge in [-0.3, -0.25) is 9.59 Å². The lowest BCUT2D eigenvalue weighted by atomic mass is 9.87. The van der Waals surface area contributed by atoms with Gasteiger partial charge in [0.1, 0.15) is 5.75 Å². The summed E-state index contributed by atoms with van der Waals surface area (Å²) in [6.07, 6.45) is 1.47. The summed E-state index contributed by atoms with van der Waals surface area (Å²) in [4.78, 5) is 25.7. The number of amides is 1. The van der Waals surface area contributed by atoms with Gasteiger partial charge in [0.2, 0.25) is 5.78 Å². The van der Waals surface area contributed by atoms with Crippen LogP contribution in [0.3, 0.4) is 0 Å². The maximum absolute atomic E-state index is 12.2. The molecule has 3 rings (SSSR count). The zero-order chi connectivity index (χ0) is 20.1. The molecule has 0 saturated carbocycles. The number of ketones is 1. The highest BCUT2D eigenvalue weighted by atomic mass is 32.1. The molecule has 2 heterocycles. The average Bonchev–Trinajstić information content (AvgIpc) is 3.35. The van der Waals surface area contributed by atoms with Crippen molar-refractivity contribution in [3.63, 3.8) is 0 Å². The number of rotatable bonds is 7. The van der Waals surface area contributed by atoms with Gasteiger partial charge in [0.25, 0.3) is 5.91 Å². The number of carbonyl (C=O) groups excluding carboxylic acids is 2. The monoisotopic (exact) mass is 397 g/mol. The number of hydrogen-bond donors (Lipinski definition) is 1. The number of benzene rings is 1. The number of nitrogens with one attached hydrogen (secondary N) is 1. The van der Waals surface area contributed by atoms with Crippen LogP contribution in [0.1, 0.15) is 46.6 Å². The zero-order valence-corrected chi connectivity index (χ0v) is 17.0. The Hall–Kier alpha value is -2.86. The molecule has 0 bridgehead atoms. The highest BCUT2D eigenvalue weighted by Gasteiger charge is 2.15. The lowest BCUT2D eigenvalue weighted by molar-refractivity contribution is -0.123. The minimum absolute atomic E-state index is 0.0571. The largest absolute Gasteiger partial charge is 0.484 e. The van der Waals surface area contributed by atoms with Crippen molar-refractivity contribution in [1.82, 2.24) is 5.32 Å². The van der Waals surface area contributed by atoms with Gasteiger partial charge in [-0.2, -0.15) is 0 Å². The fraction of sp³-hybridized carbons (Fsp3) is 0.273. The average molecular weight is 397 g/mol. The summed E-state index contributed by atoms with van der Waals surface area (Å²) in [7, 11) is 0. The van der Waals surface area contributed by atoms with Crippen molar-refractivity contribution in [2.45, 2.75) is 32.7 Å². The molecule has 0 unspecified atom stereocenters. The van der Waals surface area contributed by atoms with E-state index in [0.717, 1.165) is 4.88 Å². The highest BCUT2D eigenvalue weighted by Crippen LogP contribution is 2.24. The molecule has 0 spiro atoms. The van der Waals surface area contributed by atoms with Crippen molar-refractivity contribution < 1.29 is 18.7 Å². The van der Waals surface area contributed by atoms with E-state index in [1.54, 1.807) is 18.2 Å². The van der Waals surface area contributed by atoms with E-state index >= 15 is 0 Å². The molecule has 1 amide bonds. The quantitative estimate of drug-likeness (QED) is 0.593. The van der Waals surface area contributed by atoms with Crippen LogP contribution in [0, 0.1) is 0 Å². The summed E-state index contributed by atoms with van der Waals surface area (Å²) < 4.78 is 10.7. The first-order valence-corrected chi connectivity index (χ1v) is 9.81. The van der Waals surface area contributed by atoms with Crippen LogP contribution in [0.2, 0.25) is 0 Å². The Balaban J connectivity index is 1.46. The Morgan fingerprint density at radius 1 is 1.07 bits per heavy atom. The second kappa shape index (κ2) is 8.44. The summed E-state index contributed by atoms with van der Waals surface area (Å²) in [5.41, 5.74) is 1.29. The predicted molar refractivity (Wildman–Crippen MR) is 109 cm³/mol. The Bertz CT molecular complexity index is 934. The van der Waals surface area contributed by atoms with Crippen LogP contribution >= 0.6 is 11.3 Å². The smallest absolute Gasteiger partial charge is 0.258 e. The number of hydrogen-bond acceptors (Lipinski definition) is 5. The maximum atomic E-state index is 12.2. The van der Waals surface area contributed by atoms with E-state index in [-0.39, 0.29) is 23.7 Å². The van der Waals surface area contributed by atoms with Gasteiger partial charge in [-0.15, -0.1) is 11.3 Å². The van der Waals surface area contributed by atoms with Gasteiger partial charge in [-0.05, 0) is 47.4 Å². The Morgan fingerprint density at radius 3 is 2.46 bits per heavy atom. The molecule has 28 heavy (non-hydrogen) atoms. The number of thiophene rings is 1. The molecule has 5 nitrogen and oxygen atoms in total. The summed E-state index contributed by atoms with van der Waals surface area (Å²) >= 11 is 1.33. The lowest BCUT2D eigenvalue weighted by Crippen LogP contribution is -2.28. The summed E-state index contributed by atoms with van der Waals surface area (Å²) in [6.45, 7) is 6.73. The van der Waals surface area contributed by atoms with Gasteiger partial charge in [0.05, 0.1) is 17.7 Å². The molecule has 0 aliphatic rings. The van der Waals surface area contributed by atoms with Crippen molar-refractivity contribution in [3.05, 3.63) is 75.9 Å². The number of furan rings is 1. The van der Waals surface area contributed by atoms with E-state index in [0.29, 0.717) is 22.9 Å². The molecule has 0 radical (unpaired) electrons. The molecule has 3 aromatic rings. The van der Waals surface area contributed by atoms with E-state index in [4.69, 9.17) is 9.15 Å². The van der Waals surface area contributed by atoms with E-state index in [1.807, 2.05) is 30.3 Å². The third kappa shape index (κ3) is 5.10. The van der Waals surface area contributed by atoms with E-state index < -0.39 is 0 Å². The zero-order valence-electron chi connectivity index (χ0n) is 16.2. The summed E-state index contributed by atoms with van der Waals surface area (Å²) in [5, 5.41) is 2.80. The first-order valence-electron chi connectivity index (χ1n) is 9.00. The predicted octanol–water partition coefficient (Wildman–Crippen LogP) is 4.56. The third-order valence-corrected chi connectivity index (χ3v) is 5.26. The van der Waals surface area contributed by atoms with Gasteiger partial charge in [-0.25, -0.2) is 0 Å². The molecular formula is C22H23NO4S. The fourth-order valence-corrected chi connectivity index (χ4v) is 3.45. The van der Waals surface area contributed by atoms with Crippen molar-refractivity contribution in [3.8, 4) is 5.75 Å². The molecule has 0 aliphatic heterocycles. The van der Waals surface area contributed by atoms with Crippen LogP contribution in [0.15, 0.2) is 59.2 Å². The first kappa shape index (κ1) is 19.9. The molecule has 1 N–H and O–H groups in total. The first-order chi connectivity index (χ1) is 13.3. The second-order valence-electron chi connectivity index (χ2n) is 7.41. The van der Waals surface area contributed by atoms with Crippen LogP contribution in [-0.2, 0) is 16.8 Å². The van der Waals surface area contributed by atoms with Gasteiger partial charge in [-0.1, -0.05) is 32.9 Å². The highest BCUT2D eigenvalue weighted by molar-refractivity contribution is 7.14.